The summed E-state index contributed by atoms with van der Waals surface area (Å²) in [6, 6.07) is 2.78. The zero-order valence-electron chi connectivity index (χ0n) is 7.76. The Hall–Kier alpha value is -0.920. The number of nitrogens with two attached hydrogens (primary N) is 1. The van der Waals surface area contributed by atoms with Crippen LogP contribution < -0.4 is 10.5 Å². The van der Waals surface area contributed by atoms with Gasteiger partial charge in [0, 0.05) is 5.56 Å². The van der Waals surface area contributed by atoms with E-state index in [0.29, 0.717) is 9.13 Å². The van der Waals surface area contributed by atoms with Crippen molar-refractivity contribution in [3.05, 3.63) is 21.3 Å². The molecular formula is C9H8F2INO2. The average molecular weight is 327 g/mol. The summed E-state index contributed by atoms with van der Waals surface area (Å²) in [5, 5.41) is 0. The molecule has 0 bridgehead atoms. The van der Waals surface area contributed by atoms with Crippen LogP contribution >= 0.6 is 22.6 Å². The van der Waals surface area contributed by atoms with Gasteiger partial charge in [-0.2, -0.15) is 8.78 Å². The molecule has 1 rings (SSSR count). The lowest BCUT2D eigenvalue weighted by molar-refractivity contribution is -0.0499. The molecule has 3 nitrogen and oxygen atoms in total. The number of rotatable bonds is 3. The van der Waals surface area contributed by atoms with E-state index in [0.717, 1.165) is 0 Å². The fourth-order valence-corrected chi connectivity index (χ4v) is 1.81. The van der Waals surface area contributed by atoms with Crippen LogP contribution in [0.5, 0.6) is 5.75 Å². The Bertz CT molecular complexity index is 373. The van der Waals surface area contributed by atoms with Crippen LogP contribution in [-0.2, 0) is 0 Å². The van der Waals surface area contributed by atoms with Crippen molar-refractivity contribution in [1.29, 1.82) is 0 Å². The second kappa shape index (κ2) is 4.73. The lowest BCUT2D eigenvalue weighted by Crippen LogP contribution is -2.07. The Morgan fingerprint density at radius 2 is 2.13 bits per heavy atom. The third kappa shape index (κ3) is 3.01. The Balaban J connectivity index is 3.15. The van der Waals surface area contributed by atoms with Gasteiger partial charge in [-0.05, 0) is 41.6 Å². The van der Waals surface area contributed by atoms with Gasteiger partial charge in [-0.3, -0.25) is 4.79 Å². The minimum atomic E-state index is -2.93. The minimum Gasteiger partial charge on any atom is -0.431 e. The highest BCUT2D eigenvalue weighted by Gasteiger charge is 2.14. The molecule has 0 heterocycles. The molecule has 0 aliphatic heterocycles. The summed E-state index contributed by atoms with van der Waals surface area (Å²) >= 11 is 1.79. The van der Waals surface area contributed by atoms with Crippen molar-refractivity contribution in [2.45, 2.75) is 13.5 Å². The highest BCUT2D eigenvalue weighted by Crippen LogP contribution is 2.31. The molecule has 0 aliphatic rings. The predicted octanol–water partition coefficient (Wildman–Crippen LogP) is 2.68. The molecule has 0 aliphatic carbocycles. The van der Waals surface area contributed by atoms with E-state index in [2.05, 4.69) is 4.74 Å². The van der Waals surface area contributed by atoms with Gasteiger partial charge < -0.3 is 10.5 Å². The lowest BCUT2D eigenvalue weighted by Gasteiger charge is -2.10. The number of halogens is 3. The number of benzene rings is 1. The topological polar surface area (TPSA) is 52.3 Å². The molecule has 1 aromatic carbocycles. The van der Waals surface area contributed by atoms with E-state index in [1.54, 1.807) is 22.6 Å². The number of carbonyl (C=O) groups excluding carboxylic acids is 1. The van der Waals surface area contributed by atoms with Crippen LogP contribution in [0.25, 0.3) is 0 Å². The zero-order valence-corrected chi connectivity index (χ0v) is 9.92. The smallest absolute Gasteiger partial charge is 0.387 e. The fraction of sp³-hybridized carbons (Fsp3) is 0.222. The number of hydrogen-bond acceptors (Lipinski definition) is 3. The van der Waals surface area contributed by atoms with E-state index in [9.17, 15) is 13.6 Å². The van der Waals surface area contributed by atoms with Gasteiger partial charge in [-0.15, -0.1) is 0 Å². The van der Waals surface area contributed by atoms with Crippen LogP contribution in [-0.4, -0.2) is 12.4 Å². The molecule has 0 radical (unpaired) electrons. The third-order valence-electron chi connectivity index (χ3n) is 1.69. The molecule has 15 heavy (non-hydrogen) atoms. The Morgan fingerprint density at radius 1 is 1.53 bits per heavy atom. The molecule has 0 atom stereocenters. The van der Waals surface area contributed by atoms with Crippen LogP contribution in [0.1, 0.15) is 17.3 Å². The SMILES string of the molecule is CC(=O)c1cc(N)c(OC(F)F)c(I)c1. The van der Waals surface area contributed by atoms with Crippen molar-refractivity contribution >= 4 is 34.1 Å². The minimum absolute atomic E-state index is 0.0346. The van der Waals surface area contributed by atoms with E-state index in [1.165, 1.54) is 19.1 Å². The largest absolute Gasteiger partial charge is 0.431 e. The molecule has 0 amide bonds. The van der Waals surface area contributed by atoms with Gasteiger partial charge >= 0.3 is 6.61 Å². The molecule has 6 heteroatoms. The van der Waals surface area contributed by atoms with Gasteiger partial charge in [-0.1, -0.05) is 0 Å². The number of alkyl halides is 2. The first kappa shape index (κ1) is 12.2. The van der Waals surface area contributed by atoms with Gasteiger partial charge in [0.15, 0.2) is 11.5 Å². The maximum Gasteiger partial charge on any atom is 0.387 e. The molecule has 2 N–H and O–H groups in total. The molecule has 0 fully saturated rings. The summed E-state index contributed by atoms with van der Waals surface area (Å²) in [6.45, 7) is -1.55. The third-order valence-corrected chi connectivity index (χ3v) is 2.49. The molecule has 0 unspecified atom stereocenters. The van der Waals surface area contributed by atoms with Crippen LogP contribution in [0.2, 0.25) is 0 Å². The maximum absolute atomic E-state index is 12.0. The van der Waals surface area contributed by atoms with E-state index < -0.39 is 6.61 Å². The molecule has 0 saturated heterocycles. The second-order valence-electron chi connectivity index (χ2n) is 2.81. The number of hydrogen-bond donors (Lipinski definition) is 1. The number of carbonyl (C=O) groups is 1. The Labute approximate surface area is 98.7 Å². The molecule has 0 aromatic heterocycles. The average Bonchev–Trinajstić information content (AvgIpc) is 2.10. The van der Waals surface area contributed by atoms with E-state index >= 15 is 0 Å². The summed E-state index contributed by atoms with van der Waals surface area (Å²) in [4.78, 5) is 11.0. The summed E-state index contributed by atoms with van der Waals surface area (Å²) < 4.78 is 28.6. The standard InChI is InChI=1S/C9H8F2INO2/c1-4(14)5-2-6(12)8(7(13)3-5)15-9(10)11/h2-3,9H,13H2,1H3. The number of ether oxygens (including phenoxy) is 1. The summed E-state index contributed by atoms with van der Waals surface area (Å²) in [6.07, 6.45) is 0. The van der Waals surface area contributed by atoms with Crippen LogP contribution in [0.4, 0.5) is 14.5 Å². The quantitative estimate of drug-likeness (QED) is 0.528. The van der Waals surface area contributed by atoms with E-state index in [4.69, 9.17) is 5.73 Å². The molecule has 0 spiro atoms. The first-order valence-electron chi connectivity index (χ1n) is 3.96. The monoisotopic (exact) mass is 327 g/mol. The Morgan fingerprint density at radius 3 is 2.53 bits per heavy atom. The van der Waals surface area contributed by atoms with Gasteiger partial charge in [0.1, 0.15) is 0 Å². The molecular weight excluding hydrogens is 319 g/mol. The first-order valence-corrected chi connectivity index (χ1v) is 5.04. The second-order valence-corrected chi connectivity index (χ2v) is 3.97. The number of anilines is 1. The van der Waals surface area contributed by atoms with Crippen LogP contribution in [0, 0.1) is 3.57 Å². The van der Waals surface area contributed by atoms with E-state index in [1.807, 2.05) is 0 Å². The highest BCUT2D eigenvalue weighted by molar-refractivity contribution is 14.1. The van der Waals surface area contributed by atoms with Crippen molar-refractivity contribution in [2.24, 2.45) is 0 Å². The first-order chi connectivity index (χ1) is 6.91. The number of Topliss-reactive ketones (excluding diaryl/α,β-unsaturated/α-hetero) is 1. The fourth-order valence-electron chi connectivity index (χ4n) is 1.03. The maximum atomic E-state index is 12.0. The van der Waals surface area contributed by atoms with E-state index in [-0.39, 0.29) is 17.2 Å². The summed E-state index contributed by atoms with van der Waals surface area (Å²) in [7, 11) is 0. The normalized spacial score (nSPS) is 10.5. The molecule has 1 aromatic rings. The van der Waals surface area contributed by atoms with Gasteiger partial charge in [-0.25, -0.2) is 0 Å². The van der Waals surface area contributed by atoms with Gasteiger partial charge in [0.25, 0.3) is 0 Å². The van der Waals surface area contributed by atoms with Gasteiger partial charge in [0.2, 0.25) is 0 Å². The summed E-state index contributed by atoms with van der Waals surface area (Å²) in [5.74, 6) is -0.265. The number of nitrogen functional groups attached to an aromatic ring is 1. The highest BCUT2D eigenvalue weighted by atomic mass is 127. The van der Waals surface area contributed by atoms with Crippen molar-refractivity contribution in [3.63, 3.8) is 0 Å². The van der Waals surface area contributed by atoms with Crippen LogP contribution in [0.3, 0.4) is 0 Å². The van der Waals surface area contributed by atoms with Crippen molar-refractivity contribution in [1.82, 2.24) is 0 Å². The molecule has 82 valence electrons. The molecule has 0 saturated carbocycles. The van der Waals surface area contributed by atoms with Crippen molar-refractivity contribution in [3.8, 4) is 5.75 Å². The van der Waals surface area contributed by atoms with Gasteiger partial charge in [0.05, 0.1) is 9.26 Å². The lowest BCUT2D eigenvalue weighted by atomic mass is 10.1. The predicted molar refractivity (Wildman–Crippen MR) is 60.2 cm³/mol. The number of ketones is 1. The van der Waals surface area contributed by atoms with Crippen molar-refractivity contribution < 1.29 is 18.3 Å². The zero-order chi connectivity index (χ0) is 11.6. The van der Waals surface area contributed by atoms with Crippen LogP contribution in [0.15, 0.2) is 12.1 Å². The Kier molecular flexibility index (Phi) is 3.83. The van der Waals surface area contributed by atoms with Crippen molar-refractivity contribution in [2.75, 3.05) is 5.73 Å². The summed E-state index contributed by atoms with van der Waals surface area (Å²) in [5.41, 5.74) is 5.90.